The molecule has 0 radical (unpaired) electrons. The van der Waals surface area contributed by atoms with Gasteiger partial charge in [-0.05, 0) is 43.4 Å². The second-order valence-corrected chi connectivity index (χ2v) is 6.59. The van der Waals surface area contributed by atoms with E-state index in [1.54, 1.807) is 12.3 Å². The Morgan fingerprint density at radius 1 is 1.11 bits per heavy atom. The standard InChI is InChI=1S/C20H23N7/c1-3-16-17(12-22)20(26-25-18(16)4-2)24-15-7-9-27(10-8-15)19-6-5-14(11-21)13-23-19/h5-6,13,15H,3-4,7-10H2,1-2H3,(H,24,26). The van der Waals surface area contributed by atoms with Crippen LogP contribution in [0.5, 0.6) is 0 Å². The smallest absolute Gasteiger partial charge is 0.167 e. The number of pyridine rings is 1. The van der Waals surface area contributed by atoms with Gasteiger partial charge in [-0.25, -0.2) is 4.98 Å². The van der Waals surface area contributed by atoms with Crippen molar-refractivity contribution >= 4 is 11.6 Å². The highest BCUT2D eigenvalue weighted by Gasteiger charge is 2.22. The number of nitrogens with zero attached hydrogens (tertiary/aromatic N) is 6. The van der Waals surface area contributed by atoms with E-state index < -0.39 is 0 Å². The zero-order valence-corrected chi connectivity index (χ0v) is 15.7. The number of rotatable bonds is 5. The average Bonchev–Trinajstić information content (AvgIpc) is 2.73. The maximum atomic E-state index is 9.62. The molecule has 0 unspecified atom stereocenters. The van der Waals surface area contributed by atoms with Crippen LogP contribution in [-0.2, 0) is 12.8 Å². The van der Waals surface area contributed by atoms with Crippen LogP contribution in [0.25, 0.3) is 0 Å². The summed E-state index contributed by atoms with van der Waals surface area (Å²) < 4.78 is 0. The molecule has 1 aliphatic rings. The van der Waals surface area contributed by atoms with Crippen LogP contribution in [0.1, 0.15) is 49.1 Å². The third kappa shape index (κ3) is 3.98. The number of nitriles is 2. The monoisotopic (exact) mass is 361 g/mol. The van der Waals surface area contributed by atoms with Crippen molar-refractivity contribution in [2.75, 3.05) is 23.3 Å². The maximum Gasteiger partial charge on any atom is 0.167 e. The fraction of sp³-hybridized carbons (Fsp3) is 0.450. The van der Waals surface area contributed by atoms with E-state index in [1.165, 1.54) is 0 Å². The molecule has 1 N–H and O–H groups in total. The average molecular weight is 361 g/mol. The quantitative estimate of drug-likeness (QED) is 0.873. The number of hydrogen-bond donors (Lipinski definition) is 1. The minimum absolute atomic E-state index is 0.248. The van der Waals surface area contributed by atoms with Gasteiger partial charge >= 0.3 is 0 Å². The highest BCUT2D eigenvalue weighted by atomic mass is 15.2. The molecule has 3 rings (SSSR count). The molecular weight excluding hydrogens is 338 g/mol. The first-order valence-corrected chi connectivity index (χ1v) is 9.36. The molecule has 0 aromatic carbocycles. The predicted molar refractivity (Wildman–Crippen MR) is 103 cm³/mol. The van der Waals surface area contributed by atoms with Crippen LogP contribution in [0.2, 0.25) is 0 Å². The van der Waals surface area contributed by atoms with Gasteiger partial charge in [0.25, 0.3) is 0 Å². The molecule has 0 saturated carbocycles. The highest BCUT2D eigenvalue weighted by Crippen LogP contribution is 2.24. The van der Waals surface area contributed by atoms with Crippen LogP contribution in [0.4, 0.5) is 11.6 Å². The lowest BCUT2D eigenvalue weighted by atomic mass is 10.0. The summed E-state index contributed by atoms with van der Waals surface area (Å²) in [6, 6.07) is 8.34. The van der Waals surface area contributed by atoms with Gasteiger partial charge in [0.15, 0.2) is 5.82 Å². The molecule has 0 atom stereocenters. The van der Waals surface area contributed by atoms with Crippen LogP contribution >= 0.6 is 0 Å². The van der Waals surface area contributed by atoms with E-state index in [1.807, 2.05) is 19.9 Å². The fourth-order valence-electron chi connectivity index (χ4n) is 3.48. The van der Waals surface area contributed by atoms with Crippen molar-refractivity contribution in [2.45, 2.75) is 45.6 Å². The second-order valence-electron chi connectivity index (χ2n) is 6.59. The second kappa shape index (κ2) is 8.46. The summed E-state index contributed by atoms with van der Waals surface area (Å²) in [5.41, 5.74) is 3.10. The van der Waals surface area contributed by atoms with Crippen molar-refractivity contribution in [1.82, 2.24) is 15.2 Å². The van der Waals surface area contributed by atoms with Gasteiger partial charge in [0.1, 0.15) is 23.5 Å². The summed E-state index contributed by atoms with van der Waals surface area (Å²) in [6.45, 7) is 5.80. The number of aryl methyl sites for hydroxylation is 1. The molecule has 2 aromatic heterocycles. The summed E-state index contributed by atoms with van der Waals surface area (Å²) in [7, 11) is 0. The predicted octanol–water partition coefficient (Wildman–Crippen LogP) is 2.82. The minimum atomic E-state index is 0.248. The molecule has 0 amide bonds. The van der Waals surface area contributed by atoms with Crippen molar-refractivity contribution < 1.29 is 0 Å². The van der Waals surface area contributed by atoms with Crippen molar-refractivity contribution in [3.05, 3.63) is 40.7 Å². The van der Waals surface area contributed by atoms with Gasteiger partial charge in [0.05, 0.1) is 11.3 Å². The van der Waals surface area contributed by atoms with E-state index in [0.717, 1.165) is 55.8 Å². The van der Waals surface area contributed by atoms with Crippen LogP contribution in [0.3, 0.4) is 0 Å². The third-order valence-electron chi connectivity index (χ3n) is 4.99. The molecule has 0 aliphatic carbocycles. The van der Waals surface area contributed by atoms with Gasteiger partial charge < -0.3 is 10.2 Å². The number of nitrogens with one attached hydrogen (secondary N) is 1. The normalized spacial score (nSPS) is 14.4. The van der Waals surface area contributed by atoms with E-state index in [-0.39, 0.29) is 6.04 Å². The largest absolute Gasteiger partial charge is 0.365 e. The Morgan fingerprint density at radius 3 is 2.44 bits per heavy atom. The molecule has 0 spiro atoms. The van der Waals surface area contributed by atoms with Gasteiger partial charge in [-0.2, -0.15) is 15.6 Å². The summed E-state index contributed by atoms with van der Waals surface area (Å²) >= 11 is 0. The molecule has 1 saturated heterocycles. The Labute approximate surface area is 159 Å². The van der Waals surface area contributed by atoms with E-state index in [4.69, 9.17) is 5.26 Å². The third-order valence-corrected chi connectivity index (χ3v) is 4.99. The zero-order chi connectivity index (χ0) is 19.2. The van der Waals surface area contributed by atoms with Crippen molar-refractivity contribution in [2.24, 2.45) is 0 Å². The first-order chi connectivity index (χ1) is 13.2. The molecule has 27 heavy (non-hydrogen) atoms. The van der Waals surface area contributed by atoms with Crippen LogP contribution in [0.15, 0.2) is 18.3 Å². The maximum absolute atomic E-state index is 9.62. The first kappa shape index (κ1) is 18.6. The first-order valence-electron chi connectivity index (χ1n) is 9.36. The summed E-state index contributed by atoms with van der Waals surface area (Å²) in [5, 5.41) is 30.5. The summed E-state index contributed by atoms with van der Waals surface area (Å²) in [6.07, 6.45) is 5.01. The lowest BCUT2D eigenvalue weighted by Gasteiger charge is -2.33. The lowest BCUT2D eigenvalue weighted by Crippen LogP contribution is -2.39. The van der Waals surface area contributed by atoms with E-state index in [9.17, 15) is 5.26 Å². The zero-order valence-electron chi connectivity index (χ0n) is 15.7. The van der Waals surface area contributed by atoms with Crippen molar-refractivity contribution in [3.63, 3.8) is 0 Å². The number of piperidine rings is 1. The van der Waals surface area contributed by atoms with Gasteiger partial charge in [-0.1, -0.05) is 13.8 Å². The Balaban J connectivity index is 1.67. The summed E-state index contributed by atoms with van der Waals surface area (Å²) in [4.78, 5) is 6.59. The number of aromatic nitrogens is 3. The Bertz CT molecular complexity index is 869. The Kier molecular flexibility index (Phi) is 5.83. The molecule has 7 heteroatoms. The minimum Gasteiger partial charge on any atom is -0.365 e. The Morgan fingerprint density at radius 2 is 1.89 bits per heavy atom. The Hall–Kier alpha value is -3.19. The molecule has 7 nitrogen and oxygen atoms in total. The summed E-state index contributed by atoms with van der Waals surface area (Å²) in [5.74, 6) is 1.49. The number of hydrogen-bond acceptors (Lipinski definition) is 7. The molecule has 1 fully saturated rings. The van der Waals surface area contributed by atoms with Gasteiger partial charge in [-0.3, -0.25) is 0 Å². The topological polar surface area (TPSA) is 102 Å². The molecular formula is C20H23N7. The van der Waals surface area contributed by atoms with Gasteiger partial charge in [-0.15, -0.1) is 5.10 Å². The molecule has 2 aromatic rings. The van der Waals surface area contributed by atoms with Crippen LogP contribution in [0, 0.1) is 22.7 Å². The van der Waals surface area contributed by atoms with E-state index in [2.05, 4.69) is 37.5 Å². The molecule has 138 valence electrons. The lowest BCUT2D eigenvalue weighted by molar-refractivity contribution is 0.521. The van der Waals surface area contributed by atoms with Crippen molar-refractivity contribution in [1.29, 1.82) is 10.5 Å². The molecule has 1 aliphatic heterocycles. The molecule has 3 heterocycles. The van der Waals surface area contributed by atoms with E-state index >= 15 is 0 Å². The molecule has 0 bridgehead atoms. The number of anilines is 2. The van der Waals surface area contributed by atoms with E-state index in [0.29, 0.717) is 16.9 Å². The van der Waals surface area contributed by atoms with Gasteiger partial charge in [0.2, 0.25) is 0 Å². The van der Waals surface area contributed by atoms with Gasteiger partial charge in [0, 0.05) is 25.3 Å². The fourth-order valence-corrected chi connectivity index (χ4v) is 3.48. The van der Waals surface area contributed by atoms with Crippen LogP contribution < -0.4 is 10.2 Å². The SMILES string of the molecule is CCc1nnc(NC2CCN(c3ccc(C#N)cn3)CC2)c(C#N)c1CC. The van der Waals surface area contributed by atoms with Crippen LogP contribution in [-0.4, -0.2) is 34.3 Å². The van der Waals surface area contributed by atoms with Crippen molar-refractivity contribution in [3.8, 4) is 12.1 Å². The highest BCUT2D eigenvalue weighted by molar-refractivity contribution is 5.57.